The van der Waals surface area contributed by atoms with Gasteiger partial charge in [0.05, 0.1) is 38.6 Å². The van der Waals surface area contributed by atoms with Gasteiger partial charge in [-0.1, -0.05) is 291 Å². The quantitative estimate of drug-likeness (QED) is 0.130. The van der Waals surface area contributed by atoms with Crippen molar-refractivity contribution in [3.05, 3.63) is 340 Å². The first-order chi connectivity index (χ1) is 53.5. The summed E-state index contributed by atoms with van der Waals surface area (Å²) in [6.07, 6.45) is 0. The van der Waals surface area contributed by atoms with Crippen LogP contribution in [0, 0.1) is 0 Å². The molecule has 8 aromatic heterocycles. The minimum absolute atomic E-state index is 0.596. The van der Waals surface area contributed by atoms with Crippen molar-refractivity contribution in [2.45, 2.75) is 0 Å². The van der Waals surface area contributed by atoms with Gasteiger partial charge in [0.25, 0.3) is 0 Å². The first kappa shape index (κ1) is 62.5. The third-order valence-electron chi connectivity index (χ3n) is 20.3. The van der Waals surface area contributed by atoms with Crippen LogP contribution in [0.25, 0.3) is 219 Å². The number of hydrogen-bond donors (Lipinski definition) is 0. The van der Waals surface area contributed by atoms with Gasteiger partial charge in [-0.2, -0.15) is 0 Å². The Balaban J connectivity index is 0.000000138. The first-order valence-corrected chi connectivity index (χ1v) is 37.4. The molecular formula is C96H56N8O2S2. The highest BCUT2D eigenvalue weighted by molar-refractivity contribution is 7.26. The van der Waals surface area contributed by atoms with E-state index in [-0.39, 0.29) is 0 Å². The Kier molecular flexibility index (Phi) is 15.0. The molecule has 10 nitrogen and oxygen atoms in total. The van der Waals surface area contributed by atoms with Crippen LogP contribution in [0.4, 0.5) is 0 Å². The number of fused-ring (bicyclic) bond motifs is 16. The summed E-state index contributed by atoms with van der Waals surface area (Å²) in [5, 5.41) is 11.2. The average molecular weight is 1420 g/mol. The fourth-order valence-electron chi connectivity index (χ4n) is 15.2. The number of hydrogen-bond acceptors (Lipinski definition) is 12. The Hall–Kier alpha value is -14.0. The maximum Gasteiger partial charge on any atom is 0.164 e. The monoisotopic (exact) mass is 1420 g/mol. The van der Waals surface area contributed by atoms with Crippen LogP contribution in [-0.2, 0) is 0 Å². The summed E-state index contributed by atoms with van der Waals surface area (Å²) in [5.74, 6) is 3.72. The van der Waals surface area contributed by atoms with Gasteiger partial charge in [0.2, 0.25) is 0 Å². The van der Waals surface area contributed by atoms with Crippen molar-refractivity contribution >= 4 is 129 Å². The van der Waals surface area contributed by atoms with Crippen molar-refractivity contribution in [1.29, 1.82) is 0 Å². The van der Waals surface area contributed by atoms with Crippen molar-refractivity contribution in [3.8, 4) is 113 Å². The molecule has 0 atom stereocenters. The largest absolute Gasteiger partial charge is 0.455 e. The fraction of sp³-hybridized carbons (Fsp3) is 0. The molecule has 0 spiro atoms. The summed E-state index contributed by atoms with van der Waals surface area (Å²) in [6.45, 7) is 0. The van der Waals surface area contributed by atoms with Gasteiger partial charge in [-0.05, 0) is 65.2 Å². The van der Waals surface area contributed by atoms with E-state index in [1.807, 2.05) is 174 Å². The van der Waals surface area contributed by atoms with Gasteiger partial charge in [0.1, 0.15) is 22.3 Å². The minimum atomic E-state index is 0.596. The third kappa shape index (κ3) is 10.8. The van der Waals surface area contributed by atoms with E-state index in [9.17, 15) is 0 Å². The molecule has 12 heteroatoms. The van der Waals surface area contributed by atoms with Crippen molar-refractivity contribution in [1.82, 2.24) is 39.9 Å². The number of pyridine rings is 2. The molecule has 0 amide bonds. The number of thiophene rings is 2. The second kappa shape index (κ2) is 26.0. The summed E-state index contributed by atoms with van der Waals surface area (Å²) in [7, 11) is 0. The molecule has 108 heavy (non-hydrogen) atoms. The van der Waals surface area contributed by atoms with Crippen LogP contribution >= 0.6 is 22.7 Å². The lowest BCUT2D eigenvalue weighted by Gasteiger charge is -2.12. The van der Waals surface area contributed by atoms with Crippen LogP contribution in [0.5, 0.6) is 0 Å². The van der Waals surface area contributed by atoms with E-state index in [0.717, 1.165) is 133 Å². The lowest BCUT2D eigenvalue weighted by atomic mass is 9.95. The zero-order chi connectivity index (χ0) is 71.2. The van der Waals surface area contributed by atoms with Crippen LogP contribution < -0.4 is 0 Å². The number of rotatable bonds is 10. The van der Waals surface area contributed by atoms with Gasteiger partial charge < -0.3 is 8.83 Å². The van der Waals surface area contributed by atoms with Crippen molar-refractivity contribution in [3.63, 3.8) is 0 Å². The van der Waals surface area contributed by atoms with Crippen LogP contribution in [0.2, 0.25) is 0 Å². The van der Waals surface area contributed by atoms with E-state index in [0.29, 0.717) is 34.9 Å². The second-order valence-electron chi connectivity index (χ2n) is 26.8. The number of para-hydroxylation sites is 2. The van der Waals surface area contributed by atoms with E-state index in [2.05, 4.69) is 188 Å². The topological polar surface area (TPSA) is 129 Å². The highest BCUT2D eigenvalue weighted by atomic mass is 32.1. The number of benzene rings is 14. The van der Waals surface area contributed by atoms with Crippen molar-refractivity contribution in [2.24, 2.45) is 0 Å². The first-order valence-electron chi connectivity index (χ1n) is 35.8. The molecule has 0 radical (unpaired) electrons. The van der Waals surface area contributed by atoms with E-state index in [1.54, 1.807) is 0 Å². The second-order valence-corrected chi connectivity index (χ2v) is 28.9. The molecular weight excluding hydrogens is 1360 g/mol. The molecule has 22 aromatic rings. The van der Waals surface area contributed by atoms with Gasteiger partial charge in [-0.3, -0.25) is 0 Å². The Morgan fingerprint density at radius 3 is 1.13 bits per heavy atom. The lowest BCUT2D eigenvalue weighted by Crippen LogP contribution is -2.00. The fourth-order valence-corrected chi connectivity index (χ4v) is 17.6. The zero-order valence-electron chi connectivity index (χ0n) is 57.5. The number of furan rings is 2. The summed E-state index contributed by atoms with van der Waals surface area (Å²) in [4.78, 5) is 40.5. The summed E-state index contributed by atoms with van der Waals surface area (Å²) in [5.41, 5.74) is 18.9. The lowest BCUT2D eigenvalue weighted by molar-refractivity contribution is 0.672. The Labute approximate surface area is 626 Å². The van der Waals surface area contributed by atoms with E-state index in [1.165, 1.54) is 51.5 Å². The van der Waals surface area contributed by atoms with E-state index >= 15 is 0 Å². The molecule has 22 rings (SSSR count). The summed E-state index contributed by atoms with van der Waals surface area (Å²) < 4.78 is 18.6. The van der Waals surface area contributed by atoms with Crippen LogP contribution in [0.1, 0.15) is 0 Å². The molecule has 0 aliphatic heterocycles. The maximum atomic E-state index is 6.80. The predicted molar refractivity (Wildman–Crippen MR) is 445 cm³/mol. The van der Waals surface area contributed by atoms with Crippen molar-refractivity contribution < 1.29 is 8.83 Å². The van der Waals surface area contributed by atoms with Gasteiger partial charge in [0.15, 0.2) is 34.9 Å². The molecule has 0 aliphatic carbocycles. The van der Waals surface area contributed by atoms with Gasteiger partial charge in [-0.25, -0.2) is 39.9 Å². The molecule has 8 heterocycles. The van der Waals surface area contributed by atoms with Gasteiger partial charge >= 0.3 is 0 Å². The molecule has 0 aliphatic rings. The maximum absolute atomic E-state index is 6.80. The highest BCUT2D eigenvalue weighted by Gasteiger charge is 2.25. The van der Waals surface area contributed by atoms with E-state index < -0.39 is 0 Å². The molecule has 0 saturated carbocycles. The Morgan fingerprint density at radius 1 is 0.204 bits per heavy atom. The van der Waals surface area contributed by atoms with Crippen LogP contribution in [0.3, 0.4) is 0 Å². The molecule has 0 unspecified atom stereocenters. The molecule has 504 valence electrons. The zero-order valence-corrected chi connectivity index (χ0v) is 59.2. The molecule has 0 N–H and O–H groups in total. The SMILES string of the molecule is c1ccc(-c2nc(-c3ccccc3)nc(-c3ccc(-c4nc5cccc(-c6cccc7c6sc6ccccc67)c5c5oc6ccccc6c45)cc3)n2)cc1.c1ccc(-c2nc(-c3ccccc3)nc(-c3cccc(-c4nc5ccc(-c6cccc7c6sc6ccccc67)cc5c5oc6ccccc6c45)c3)n2)cc1. The summed E-state index contributed by atoms with van der Waals surface area (Å²) in [6, 6.07) is 117. The minimum Gasteiger partial charge on any atom is -0.455 e. The molecule has 0 saturated heterocycles. The van der Waals surface area contributed by atoms with Crippen molar-refractivity contribution in [2.75, 3.05) is 0 Å². The third-order valence-corrected chi connectivity index (χ3v) is 22.7. The van der Waals surface area contributed by atoms with E-state index in [4.69, 9.17) is 48.7 Å². The predicted octanol–water partition coefficient (Wildman–Crippen LogP) is 26.0. The van der Waals surface area contributed by atoms with Crippen LogP contribution in [0.15, 0.2) is 349 Å². The normalized spacial score (nSPS) is 11.7. The highest BCUT2D eigenvalue weighted by Crippen LogP contribution is 2.48. The van der Waals surface area contributed by atoms with Gasteiger partial charge in [-0.15, -0.1) is 22.7 Å². The molecule has 0 bridgehead atoms. The number of aromatic nitrogens is 8. The average Bonchev–Trinajstić information content (AvgIpc) is 1.52. The number of nitrogens with zero attached hydrogens (tertiary/aromatic N) is 8. The molecule has 0 fully saturated rings. The van der Waals surface area contributed by atoms with Gasteiger partial charge in [0, 0.05) is 107 Å². The smallest absolute Gasteiger partial charge is 0.164 e. The standard InChI is InChI=1S/2C48H28N4OS/c1-3-13-29(14-4-1)46-50-47(30-15-5-2-6-16-30)52-48(51-46)33-18-11-17-32(27-33)43-42-37-20-7-9-23-40(37)53-44(42)38-28-31(25-26-39(38)49-43)34-21-12-22-36-35-19-8-10-24-41(35)54-45(34)36;1-3-13-30(14-4-1)46-50-47(31-15-5-2-6-16-31)52-48(51-46)32-27-25-29(26-28-32)43-42-37-18-7-9-23-39(37)53-44(42)41-34(19-12-22-38(41)49-43)36-21-11-20-35-33-17-8-10-24-40(33)54-45(35)36/h2*1-28H. The molecule has 14 aromatic carbocycles. The summed E-state index contributed by atoms with van der Waals surface area (Å²) >= 11 is 3.68. The Bertz CT molecular complexity index is 7190. The van der Waals surface area contributed by atoms with Crippen LogP contribution in [-0.4, -0.2) is 39.9 Å². The Morgan fingerprint density at radius 2 is 0.574 bits per heavy atom.